The lowest BCUT2D eigenvalue weighted by atomic mass is 9.88. The smallest absolute Gasteiger partial charge is 0.255 e. The number of carbonyl (C=O) groups is 1. The second kappa shape index (κ2) is 5.01. The molecule has 0 atom stereocenters. The SMILES string of the molecule is CC(C)(C)Cc1ccccc1OCC(N)=O. The number of hydrogen-bond acceptors (Lipinski definition) is 2. The van der Waals surface area contributed by atoms with Crippen LogP contribution < -0.4 is 10.5 Å². The number of carbonyl (C=O) groups excluding carboxylic acids is 1. The zero-order chi connectivity index (χ0) is 12.2. The lowest BCUT2D eigenvalue weighted by Gasteiger charge is -2.20. The van der Waals surface area contributed by atoms with Crippen LogP contribution in [0.3, 0.4) is 0 Å². The second-order valence-electron chi connectivity index (χ2n) is 5.10. The lowest BCUT2D eigenvalue weighted by molar-refractivity contribution is -0.119. The summed E-state index contributed by atoms with van der Waals surface area (Å²) in [6.07, 6.45) is 0.905. The predicted octanol–water partition coefficient (Wildman–Crippen LogP) is 2.14. The first-order chi connectivity index (χ1) is 7.38. The molecule has 0 aliphatic heterocycles. The number of primary amides is 1. The topological polar surface area (TPSA) is 52.3 Å². The Kier molecular flexibility index (Phi) is 3.93. The Morgan fingerprint density at radius 2 is 1.94 bits per heavy atom. The van der Waals surface area contributed by atoms with Gasteiger partial charge in [-0.2, -0.15) is 0 Å². The maximum Gasteiger partial charge on any atom is 0.255 e. The van der Waals surface area contributed by atoms with Crippen LogP contribution >= 0.6 is 0 Å². The molecule has 0 saturated carbocycles. The van der Waals surface area contributed by atoms with E-state index in [9.17, 15) is 4.79 Å². The van der Waals surface area contributed by atoms with E-state index in [1.807, 2.05) is 24.3 Å². The van der Waals surface area contributed by atoms with E-state index in [1.54, 1.807) is 0 Å². The molecular weight excluding hydrogens is 202 g/mol. The van der Waals surface area contributed by atoms with Crippen molar-refractivity contribution in [2.24, 2.45) is 11.1 Å². The number of hydrogen-bond donors (Lipinski definition) is 1. The summed E-state index contributed by atoms with van der Waals surface area (Å²) < 4.78 is 5.37. The van der Waals surface area contributed by atoms with Crippen molar-refractivity contribution in [2.45, 2.75) is 27.2 Å². The number of rotatable bonds is 4. The van der Waals surface area contributed by atoms with E-state index in [0.717, 1.165) is 17.7 Å². The number of nitrogens with two attached hydrogens (primary N) is 1. The van der Waals surface area contributed by atoms with Crippen molar-refractivity contribution in [3.8, 4) is 5.75 Å². The molecule has 0 spiro atoms. The van der Waals surface area contributed by atoms with Crippen LogP contribution in [0, 0.1) is 5.41 Å². The molecule has 16 heavy (non-hydrogen) atoms. The number of para-hydroxylation sites is 1. The molecule has 0 heterocycles. The molecule has 1 amide bonds. The van der Waals surface area contributed by atoms with Crippen LogP contribution in [0.25, 0.3) is 0 Å². The van der Waals surface area contributed by atoms with E-state index in [1.165, 1.54) is 0 Å². The summed E-state index contributed by atoms with van der Waals surface area (Å²) >= 11 is 0. The van der Waals surface area contributed by atoms with Gasteiger partial charge in [-0.25, -0.2) is 0 Å². The summed E-state index contributed by atoms with van der Waals surface area (Å²) in [6, 6.07) is 7.74. The van der Waals surface area contributed by atoms with Crippen LogP contribution in [-0.2, 0) is 11.2 Å². The van der Waals surface area contributed by atoms with Crippen LogP contribution in [0.15, 0.2) is 24.3 Å². The molecule has 1 aromatic carbocycles. The van der Waals surface area contributed by atoms with Gasteiger partial charge in [0.1, 0.15) is 5.75 Å². The van der Waals surface area contributed by atoms with Gasteiger partial charge in [-0.3, -0.25) is 4.79 Å². The van der Waals surface area contributed by atoms with Crippen molar-refractivity contribution in [3.63, 3.8) is 0 Å². The number of ether oxygens (including phenoxy) is 1. The minimum Gasteiger partial charge on any atom is -0.484 e. The number of amides is 1. The average molecular weight is 221 g/mol. The Hall–Kier alpha value is -1.51. The predicted molar refractivity (Wildman–Crippen MR) is 64.3 cm³/mol. The summed E-state index contributed by atoms with van der Waals surface area (Å²) in [7, 11) is 0. The monoisotopic (exact) mass is 221 g/mol. The van der Waals surface area contributed by atoms with Crippen molar-refractivity contribution < 1.29 is 9.53 Å². The third-order valence-corrected chi connectivity index (χ3v) is 2.06. The first-order valence-corrected chi connectivity index (χ1v) is 5.37. The molecule has 2 N–H and O–H groups in total. The Labute approximate surface area is 96.6 Å². The van der Waals surface area contributed by atoms with Crippen molar-refractivity contribution in [3.05, 3.63) is 29.8 Å². The van der Waals surface area contributed by atoms with Crippen LogP contribution in [0.5, 0.6) is 5.75 Å². The van der Waals surface area contributed by atoms with E-state index in [2.05, 4.69) is 20.8 Å². The van der Waals surface area contributed by atoms with E-state index in [-0.39, 0.29) is 12.0 Å². The van der Waals surface area contributed by atoms with Crippen LogP contribution in [0.2, 0.25) is 0 Å². The van der Waals surface area contributed by atoms with Gasteiger partial charge in [0, 0.05) is 0 Å². The summed E-state index contributed by atoms with van der Waals surface area (Å²) in [5.74, 6) is 0.293. The maximum atomic E-state index is 10.7. The Bertz CT molecular complexity index is 366. The molecule has 1 aromatic rings. The standard InChI is InChI=1S/C13H19NO2/c1-13(2,3)8-10-6-4-5-7-11(10)16-9-12(14)15/h4-7H,8-9H2,1-3H3,(H2,14,15). The molecule has 3 heteroatoms. The highest BCUT2D eigenvalue weighted by Crippen LogP contribution is 2.27. The first-order valence-electron chi connectivity index (χ1n) is 5.37. The molecule has 0 aromatic heterocycles. The Morgan fingerprint density at radius 3 is 2.50 bits per heavy atom. The minimum absolute atomic E-state index is 0.0683. The van der Waals surface area contributed by atoms with Crippen LogP contribution in [0.4, 0.5) is 0 Å². The van der Waals surface area contributed by atoms with E-state index in [0.29, 0.717) is 0 Å². The first kappa shape index (κ1) is 12.6. The molecule has 0 saturated heterocycles. The van der Waals surface area contributed by atoms with E-state index in [4.69, 9.17) is 10.5 Å². The molecule has 0 bridgehead atoms. The third-order valence-electron chi connectivity index (χ3n) is 2.06. The maximum absolute atomic E-state index is 10.7. The minimum atomic E-state index is -0.453. The Morgan fingerprint density at radius 1 is 1.31 bits per heavy atom. The fraction of sp³-hybridized carbons (Fsp3) is 0.462. The summed E-state index contributed by atoms with van der Waals surface area (Å²) in [6.45, 7) is 6.43. The van der Waals surface area contributed by atoms with Crippen molar-refractivity contribution >= 4 is 5.91 Å². The fourth-order valence-electron chi connectivity index (χ4n) is 1.51. The highest BCUT2D eigenvalue weighted by Gasteiger charge is 2.14. The fourth-order valence-corrected chi connectivity index (χ4v) is 1.51. The summed E-state index contributed by atoms with van der Waals surface area (Å²) in [5.41, 5.74) is 6.35. The van der Waals surface area contributed by atoms with Gasteiger partial charge in [-0.05, 0) is 23.5 Å². The molecule has 0 radical (unpaired) electrons. The summed E-state index contributed by atoms with van der Waals surface area (Å²) in [4.78, 5) is 10.7. The van der Waals surface area contributed by atoms with Crippen molar-refractivity contribution in [1.29, 1.82) is 0 Å². The molecule has 1 rings (SSSR count). The molecule has 0 fully saturated rings. The van der Waals surface area contributed by atoms with Gasteiger partial charge >= 0.3 is 0 Å². The molecule has 88 valence electrons. The summed E-state index contributed by atoms with van der Waals surface area (Å²) in [5, 5.41) is 0. The van der Waals surface area contributed by atoms with E-state index < -0.39 is 5.91 Å². The second-order valence-corrected chi connectivity index (χ2v) is 5.10. The van der Waals surface area contributed by atoms with Gasteiger partial charge in [0.05, 0.1) is 0 Å². The highest BCUT2D eigenvalue weighted by atomic mass is 16.5. The zero-order valence-electron chi connectivity index (χ0n) is 10.1. The molecule has 0 unspecified atom stereocenters. The average Bonchev–Trinajstić information content (AvgIpc) is 2.14. The molecule has 0 aliphatic rings. The van der Waals surface area contributed by atoms with Gasteiger partial charge in [0.15, 0.2) is 6.61 Å². The largest absolute Gasteiger partial charge is 0.484 e. The lowest BCUT2D eigenvalue weighted by Crippen LogP contribution is -2.21. The van der Waals surface area contributed by atoms with Crippen molar-refractivity contribution in [2.75, 3.05) is 6.61 Å². The van der Waals surface area contributed by atoms with Crippen LogP contribution in [-0.4, -0.2) is 12.5 Å². The highest BCUT2D eigenvalue weighted by molar-refractivity contribution is 5.75. The molecule has 0 aliphatic carbocycles. The third kappa shape index (κ3) is 4.34. The zero-order valence-corrected chi connectivity index (χ0v) is 10.1. The van der Waals surface area contributed by atoms with Gasteiger partial charge in [-0.1, -0.05) is 39.0 Å². The van der Waals surface area contributed by atoms with Crippen molar-refractivity contribution in [1.82, 2.24) is 0 Å². The van der Waals surface area contributed by atoms with Gasteiger partial charge < -0.3 is 10.5 Å². The number of benzene rings is 1. The van der Waals surface area contributed by atoms with Crippen LogP contribution in [0.1, 0.15) is 26.3 Å². The quantitative estimate of drug-likeness (QED) is 0.846. The van der Waals surface area contributed by atoms with E-state index >= 15 is 0 Å². The van der Waals surface area contributed by atoms with Gasteiger partial charge in [-0.15, -0.1) is 0 Å². The molecule has 3 nitrogen and oxygen atoms in total. The normalized spacial score (nSPS) is 11.2. The van der Waals surface area contributed by atoms with Gasteiger partial charge in [0.2, 0.25) is 0 Å². The Balaban J connectivity index is 2.79. The molecular formula is C13H19NO2. The van der Waals surface area contributed by atoms with Gasteiger partial charge in [0.25, 0.3) is 5.91 Å².